The number of amides is 1. The number of hydrogen-bond donors (Lipinski definition) is 1. The molecule has 2 aromatic rings. The number of nitrogens with one attached hydrogen (secondary N) is 1. The van der Waals surface area contributed by atoms with Crippen molar-refractivity contribution in [1.29, 1.82) is 0 Å². The molecule has 1 amide bonds. The molecule has 1 unspecified atom stereocenters. The first kappa shape index (κ1) is 16.4. The average molecular weight is 319 g/mol. The van der Waals surface area contributed by atoms with E-state index in [0.29, 0.717) is 17.3 Å². The monoisotopic (exact) mass is 319 g/mol. The zero-order chi connectivity index (χ0) is 16.2. The number of para-hydroxylation sites is 1. The van der Waals surface area contributed by atoms with E-state index in [2.05, 4.69) is 36.3 Å². The first-order chi connectivity index (χ1) is 10.4. The van der Waals surface area contributed by atoms with Crippen LogP contribution in [0.25, 0.3) is 0 Å². The molecule has 0 aliphatic carbocycles. The van der Waals surface area contributed by atoms with Gasteiger partial charge in [-0.3, -0.25) is 10.1 Å². The van der Waals surface area contributed by atoms with Gasteiger partial charge in [0.15, 0.2) is 6.10 Å². The largest absolute Gasteiger partial charge is 0.481 e. The first-order valence-corrected chi connectivity index (χ1v) is 8.08. The van der Waals surface area contributed by atoms with Gasteiger partial charge in [0.05, 0.1) is 0 Å². The van der Waals surface area contributed by atoms with Crippen LogP contribution >= 0.6 is 11.3 Å². The van der Waals surface area contributed by atoms with Crippen LogP contribution in [0.3, 0.4) is 0 Å². The van der Waals surface area contributed by atoms with Crippen molar-refractivity contribution >= 4 is 22.4 Å². The Bertz CT molecular complexity index is 620. The fourth-order valence-electron chi connectivity index (χ4n) is 1.75. The molecular formula is C16H21N3O2S. The van der Waals surface area contributed by atoms with Gasteiger partial charge in [-0.05, 0) is 18.6 Å². The average Bonchev–Trinajstić information content (AvgIpc) is 2.94. The van der Waals surface area contributed by atoms with Crippen LogP contribution in [-0.2, 0) is 10.2 Å². The first-order valence-electron chi connectivity index (χ1n) is 7.26. The third-order valence-corrected chi connectivity index (χ3v) is 4.25. The molecule has 0 spiro atoms. The Morgan fingerprint density at radius 2 is 1.95 bits per heavy atom. The summed E-state index contributed by atoms with van der Waals surface area (Å²) >= 11 is 1.39. The van der Waals surface area contributed by atoms with Gasteiger partial charge in [0, 0.05) is 5.41 Å². The van der Waals surface area contributed by atoms with Crippen LogP contribution in [0.2, 0.25) is 0 Å². The van der Waals surface area contributed by atoms with E-state index in [1.54, 1.807) is 0 Å². The Kier molecular flexibility index (Phi) is 5.13. The number of carbonyl (C=O) groups excluding carboxylic acids is 1. The van der Waals surface area contributed by atoms with E-state index < -0.39 is 6.10 Å². The summed E-state index contributed by atoms with van der Waals surface area (Å²) in [6.45, 7) is 8.10. The van der Waals surface area contributed by atoms with Crippen LogP contribution in [0.4, 0.5) is 5.13 Å². The molecule has 0 radical (unpaired) electrons. The highest BCUT2D eigenvalue weighted by molar-refractivity contribution is 7.15. The van der Waals surface area contributed by atoms with Crippen LogP contribution in [0.1, 0.15) is 39.1 Å². The molecule has 0 aliphatic heterocycles. The van der Waals surface area contributed by atoms with Crippen molar-refractivity contribution in [2.75, 3.05) is 5.32 Å². The minimum atomic E-state index is -0.551. The van der Waals surface area contributed by atoms with E-state index in [1.165, 1.54) is 11.3 Å². The maximum Gasteiger partial charge on any atom is 0.267 e. The van der Waals surface area contributed by atoms with Crippen LogP contribution in [0.15, 0.2) is 30.3 Å². The van der Waals surface area contributed by atoms with E-state index in [1.807, 2.05) is 37.3 Å². The second kappa shape index (κ2) is 6.87. The third kappa shape index (κ3) is 4.27. The van der Waals surface area contributed by atoms with E-state index in [9.17, 15) is 4.79 Å². The molecular weight excluding hydrogens is 298 g/mol. The lowest BCUT2D eigenvalue weighted by atomic mass is 9.98. The lowest BCUT2D eigenvalue weighted by Crippen LogP contribution is -2.32. The smallest absolute Gasteiger partial charge is 0.267 e. The van der Waals surface area contributed by atoms with Crippen molar-refractivity contribution in [2.45, 2.75) is 45.6 Å². The summed E-state index contributed by atoms with van der Waals surface area (Å²) < 4.78 is 5.72. The fourth-order valence-corrected chi connectivity index (χ4v) is 2.55. The number of hydrogen-bond acceptors (Lipinski definition) is 5. The number of benzene rings is 1. The molecule has 22 heavy (non-hydrogen) atoms. The van der Waals surface area contributed by atoms with Crippen LogP contribution in [-0.4, -0.2) is 22.2 Å². The van der Waals surface area contributed by atoms with Gasteiger partial charge in [-0.25, -0.2) is 0 Å². The molecule has 0 bridgehead atoms. The predicted octanol–water partition coefficient (Wildman–Crippen LogP) is 3.63. The normalized spacial score (nSPS) is 12.7. The molecule has 1 N–H and O–H groups in total. The van der Waals surface area contributed by atoms with Gasteiger partial charge in [-0.1, -0.05) is 57.2 Å². The summed E-state index contributed by atoms with van der Waals surface area (Å²) in [6.07, 6.45) is 0.0236. The summed E-state index contributed by atoms with van der Waals surface area (Å²) in [7, 11) is 0. The van der Waals surface area contributed by atoms with Gasteiger partial charge in [0.25, 0.3) is 5.91 Å². The molecule has 2 rings (SSSR count). The van der Waals surface area contributed by atoms with E-state index in [0.717, 1.165) is 5.01 Å². The molecule has 0 saturated carbocycles. The molecule has 118 valence electrons. The van der Waals surface area contributed by atoms with Gasteiger partial charge >= 0.3 is 0 Å². The molecule has 0 saturated heterocycles. The Morgan fingerprint density at radius 3 is 2.50 bits per heavy atom. The van der Waals surface area contributed by atoms with Gasteiger partial charge in [-0.15, -0.1) is 10.2 Å². The van der Waals surface area contributed by atoms with Crippen molar-refractivity contribution in [3.63, 3.8) is 0 Å². The van der Waals surface area contributed by atoms with Crippen molar-refractivity contribution in [3.05, 3.63) is 35.3 Å². The van der Waals surface area contributed by atoms with Crippen LogP contribution in [0, 0.1) is 0 Å². The topological polar surface area (TPSA) is 64.1 Å². The van der Waals surface area contributed by atoms with Crippen molar-refractivity contribution in [3.8, 4) is 5.75 Å². The number of ether oxygens (including phenoxy) is 1. The Hall–Kier alpha value is -1.95. The van der Waals surface area contributed by atoms with Gasteiger partial charge < -0.3 is 4.74 Å². The highest BCUT2D eigenvalue weighted by atomic mass is 32.1. The second-order valence-corrected chi connectivity index (χ2v) is 6.96. The predicted molar refractivity (Wildman–Crippen MR) is 88.4 cm³/mol. The fraction of sp³-hybridized carbons (Fsp3) is 0.438. The highest BCUT2D eigenvalue weighted by Crippen LogP contribution is 2.27. The lowest BCUT2D eigenvalue weighted by molar-refractivity contribution is -0.122. The number of nitrogens with zero attached hydrogens (tertiary/aromatic N) is 2. The van der Waals surface area contributed by atoms with E-state index >= 15 is 0 Å². The summed E-state index contributed by atoms with van der Waals surface area (Å²) in [4.78, 5) is 12.3. The van der Waals surface area contributed by atoms with E-state index in [4.69, 9.17) is 4.74 Å². The maximum absolute atomic E-state index is 12.3. The SMILES string of the molecule is CCC(Oc1ccccc1)C(=O)Nc1nnc(C(C)(C)C)s1. The van der Waals surface area contributed by atoms with Crippen molar-refractivity contribution in [2.24, 2.45) is 0 Å². The van der Waals surface area contributed by atoms with Crippen LogP contribution in [0.5, 0.6) is 5.75 Å². The molecule has 0 fully saturated rings. The number of carbonyl (C=O) groups is 1. The maximum atomic E-state index is 12.3. The number of anilines is 1. The van der Waals surface area contributed by atoms with Crippen molar-refractivity contribution < 1.29 is 9.53 Å². The highest BCUT2D eigenvalue weighted by Gasteiger charge is 2.23. The summed E-state index contributed by atoms with van der Waals surface area (Å²) in [5.74, 6) is 0.472. The lowest BCUT2D eigenvalue weighted by Gasteiger charge is -2.16. The number of rotatable bonds is 5. The van der Waals surface area contributed by atoms with E-state index in [-0.39, 0.29) is 11.3 Å². The van der Waals surface area contributed by atoms with Crippen molar-refractivity contribution in [1.82, 2.24) is 10.2 Å². The van der Waals surface area contributed by atoms with Gasteiger partial charge in [0.2, 0.25) is 5.13 Å². The van der Waals surface area contributed by atoms with Gasteiger partial charge in [0.1, 0.15) is 10.8 Å². The third-order valence-electron chi connectivity index (χ3n) is 2.98. The molecule has 0 aliphatic rings. The summed E-state index contributed by atoms with van der Waals surface area (Å²) in [5.41, 5.74) is -0.0780. The Balaban J connectivity index is 2.02. The Morgan fingerprint density at radius 1 is 1.27 bits per heavy atom. The minimum Gasteiger partial charge on any atom is -0.481 e. The molecule has 1 atom stereocenters. The quantitative estimate of drug-likeness (QED) is 0.914. The summed E-state index contributed by atoms with van der Waals surface area (Å²) in [5, 5.41) is 12.3. The minimum absolute atomic E-state index is 0.0780. The second-order valence-electron chi connectivity index (χ2n) is 5.98. The standard InChI is InChI=1S/C16H21N3O2S/c1-5-12(21-11-9-7-6-8-10-11)13(20)17-15-19-18-14(22-15)16(2,3)4/h6-10,12H,5H2,1-4H3,(H,17,19,20). The summed E-state index contributed by atoms with van der Waals surface area (Å²) in [6, 6.07) is 9.32. The van der Waals surface area contributed by atoms with Crippen LogP contribution < -0.4 is 10.1 Å². The molecule has 1 heterocycles. The van der Waals surface area contributed by atoms with Gasteiger partial charge in [-0.2, -0.15) is 0 Å². The Labute approximate surface area is 134 Å². The zero-order valence-electron chi connectivity index (χ0n) is 13.3. The number of aromatic nitrogens is 2. The molecule has 5 nitrogen and oxygen atoms in total. The molecule has 1 aromatic carbocycles. The molecule has 1 aromatic heterocycles. The zero-order valence-corrected chi connectivity index (χ0v) is 14.1. The molecule has 6 heteroatoms.